The van der Waals surface area contributed by atoms with Gasteiger partial charge in [0.2, 0.25) is 0 Å². The molecule has 1 amide bonds. The maximum Gasteiger partial charge on any atom is 0.271 e. The Morgan fingerprint density at radius 2 is 2.47 bits per heavy atom. The number of carbonyl (C=O) groups is 1. The normalized spacial score (nSPS) is 19.0. The van der Waals surface area contributed by atoms with Crippen molar-refractivity contribution in [3.05, 3.63) is 18.1 Å². The summed E-state index contributed by atoms with van der Waals surface area (Å²) in [5.41, 5.74) is 2.60. The summed E-state index contributed by atoms with van der Waals surface area (Å²) in [7, 11) is 0. The summed E-state index contributed by atoms with van der Waals surface area (Å²) >= 11 is 0. The van der Waals surface area contributed by atoms with Crippen molar-refractivity contribution >= 4 is 11.7 Å². The Labute approximate surface area is 98.7 Å². The number of nitrogens with two attached hydrogens (primary N) is 1. The number of hydrazine groups is 1. The molecule has 0 aliphatic carbocycles. The molecule has 0 radical (unpaired) electrons. The van der Waals surface area contributed by atoms with Gasteiger partial charge in [-0.2, -0.15) is 0 Å². The van der Waals surface area contributed by atoms with E-state index < -0.39 is 0 Å². The summed E-state index contributed by atoms with van der Waals surface area (Å²) < 4.78 is 5.23. The van der Waals surface area contributed by atoms with E-state index in [4.69, 9.17) is 10.6 Å². The first-order valence-electron chi connectivity index (χ1n) is 5.44. The Balaban J connectivity index is 1.89. The first kappa shape index (κ1) is 11.7. The molecule has 1 aromatic heterocycles. The van der Waals surface area contributed by atoms with Crippen LogP contribution in [0.4, 0.5) is 5.82 Å². The van der Waals surface area contributed by atoms with E-state index in [2.05, 4.69) is 20.7 Å². The maximum absolute atomic E-state index is 11.7. The van der Waals surface area contributed by atoms with E-state index in [1.165, 1.54) is 12.4 Å². The fraction of sp³-hybridized carbons (Fsp3) is 0.500. The summed E-state index contributed by atoms with van der Waals surface area (Å²) in [6, 6.07) is 0. The number of nitrogens with one attached hydrogen (secondary N) is 2. The minimum absolute atomic E-state index is 0.249. The Morgan fingerprint density at radius 3 is 3.18 bits per heavy atom. The fourth-order valence-corrected chi connectivity index (χ4v) is 1.62. The van der Waals surface area contributed by atoms with Gasteiger partial charge < -0.3 is 15.5 Å². The van der Waals surface area contributed by atoms with Crippen molar-refractivity contribution < 1.29 is 9.53 Å². The van der Waals surface area contributed by atoms with E-state index in [-0.39, 0.29) is 11.6 Å². The Kier molecular flexibility index (Phi) is 3.84. The van der Waals surface area contributed by atoms with Gasteiger partial charge in [-0.05, 0) is 6.42 Å². The molecule has 2 heterocycles. The van der Waals surface area contributed by atoms with Gasteiger partial charge in [0.05, 0.1) is 19.0 Å². The van der Waals surface area contributed by atoms with Crippen molar-refractivity contribution in [2.45, 2.75) is 6.42 Å². The average molecular weight is 237 g/mol. The van der Waals surface area contributed by atoms with Gasteiger partial charge in [-0.15, -0.1) is 0 Å². The SMILES string of the molecule is NNc1cncc(C(=O)NCC2CCOC2)n1. The summed E-state index contributed by atoms with van der Waals surface area (Å²) in [4.78, 5) is 19.6. The Bertz CT molecular complexity index is 392. The molecule has 17 heavy (non-hydrogen) atoms. The third-order valence-electron chi connectivity index (χ3n) is 2.59. The number of carbonyl (C=O) groups excluding carboxylic acids is 1. The largest absolute Gasteiger partial charge is 0.381 e. The molecule has 0 aromatic carbocycles. The number of rotatable bonds is 4. The number of anilines is 1. The third-order valence-corrected chi connectivity index (χ3v) is 2.59. The van der Waals surface area contributed by atoms with Crippen molar-refractivity contribution in [3.8, 4) is 0 Å². The molecule has 1 unspecified atom stereocenters. The first-order chi connectivity index (χ1) is 8.29. The lowest BCUT2D eigenvalue weighted by Gasteiger charge is -2.09. The van der Waals surface area contributed by atoms with Crippen molar-refractivity contribution in [1.82, 2.24) is 15.3 Å². The quantitative estimate of drug-likeness (QED) is 0.483. The zero-order valence-electron chi connectivity index (χ0n) is 9.35. The van der Waals surface area contributed by atoms with Gasteiger partial charge in [0, 0.05) is 19.1 Å². The van der Waals surface area contributed by atoms with E-state index in [9.17, 15) is 4.79 Å². The smallest absolute Gasteiger partial charge is 0.271 e. The molecule has 92 valence electrons. The van der Waals surface area contributed by atoms with E-state index in [1.54, 1.807) is 0 Å². The molecule has 2 rings (SSSR count). The second-order valence-electron chi connectivity index (χ2n) is 3.87. The Morgan fingerprint density at radius 1 is 1.59 bits per heavy atom. The molecular formula is C10H15N5O2. The minimum atomic E-state index is -0.249. The van der Waals surface area contributed by atoms with E-state index in [1.807, 2.05) is 0 Å². The van der Waals surface area contributed by atoms with Crippen molar-refractivity contribution in [2.75, 3.05) is 25.2 Å². The minimum Gasteiger partial charge on any atom is -0.381 e. The number of nitrogens with zero attached hydrogens (tertiary/aromatic N) is 2. The average Bonchev–Trinajstić information content (AvgIpc) is 2.89. The highest BCUT2D eigenvalue weighted by molar-refractivity contribution is 5.92. The lowest BCUT2D eigenvalue weighted by Crippen LogP contribution is -2.30. The third kappa shape index (κ3) is 3.11. The zero-order valence-corrected chi connectivity index (χ0v) is 9.35. The van der Waals surface area contributed by atoms with Gasteiger partial charge >= 0.3 is 0 Å². The molecule has 7 heteroatoms. The molecule has 0 bridgehead atoms. The summed E-state index contributed by atoms with van der Waals surface area (Å²) in [5.74, 6) is 5.70. The molecular weight excluding hydrogens is 222 g/mol. The van der Waals surface area contributed by atoms with Gasteiger partial charge in [-0.3, -0.25) is 9.78 Å². The van der Waals surface area contributed by atoms with Crippen LogP contribution in [0.3, 0.4) is 0 Å². The van der Waals surface area contributed by atoms with Gasteiger partial charge in [-0.25, -0.2) is 10.8 Å². The van der Waals surface area contributed by atoms with Crippen LogP contribution in [-0.2, 0) is 4.74 Å². The van der Waals surface area contributed by atoms with Gasteiger partial charge in [-0.1, -0.05) is 0 Å². The van der Waals surface area contributed by atoms with Crippen LogP contribution in [0, 0.1) is 5.92 Å². The monoisotopic (exact) mass is 237 g/mol. The highest BCUT2D eigenvalue weighted by Gasteiger charge is 2.17. The van der Waals surface area contributed by atoms with Crippen LogP contribution >= 0.6 is 0 Å². The predicted molar refractivity (Wildman–Crippen MR) is 61.1 cm³/mol. The summed E-state index contributed by atoms with van der Waals surface area (Å²) in [6.45, 7) is 2.07. The van der Waals surface area contributed by atoms with Gasteiger partial charge in [0.25, 0.3) is 5.91 Å². The number of aromatic nitrogens is 2. The highest BCUT2D eigenvalue weighted by Crippen LogP contribution is 2.10. The number of nitrogen functional groups attached to an aromatic ring is 1. The van der Waals surface area contributed by atoms with Crippen molar-refractivity contribution in [3.63, 3.8) is 0 Å². The molecule has 1 aliphatic heterocycles. The molecule has 4 N–H and O–H groups in total. The zero-order chi connectivity index (χ0) is 12.1. The summed E-state index contributed by atoms with van der Waals surface area (Å²) in [5, 5.41) is 2.80. The number of amides is 1. The topological polar surface area (TPSA) is 102 Å². The van der Waals surface area contributed by atoms with Crippen LogP contribution in [0.1, 0.15) is 16.9 Å². The summed E-state index contributed by atoms with van der Waals surface area (Å²) in [6.07, 6.45) is 3.83. The first-order valence-corrected chi connectivity index (χ1v) is 5.44. The van der Waals surface area contributed by atoms with E-state index in [0.717, 1.165) is 13.0 Å². The second-order valence-corrected chi connectivity index (χ2v) is 3.87. The van der Waals surface area contributed by atoms with Crippen LogP contribution in [0.15, 0.2) is 12.4 Å². The number of hydrogen-bond donors (Lipinski definition) is 3. The molecule has 0 saturated carbocycles. The van der Waals surface area contributed by atoms with Crippen LogP contribution in [0.2, 0.25) is 0 Å². The van der Waals surface area contributed by atoms with Crippen LogP contribution in [0.5, 0.6) is 0 Å². The molecule has 7 nitrogen and oxygen atoms in total. The lowest BCUT2D eigenvalue weighted by atomic mass is 10.1. The van der Waals surface area contributed by atoms with Crippen molar-refractivity contribution in [2.24, 2.45) is 11.8 Å². The molecule has 1 saturated heterocycles. The Hall–Kier alpha value is -1.73. The van der Waals surface area contributed by atoms with Crippen molar-refractivity contribution in [1.29, 1.82) is 0 Å². The van der Waals surface area contributed by atoms with Crippen LogP contribution in [-0.4, -0.2) is 35.6 Å². The fourth-order valence-electron chi connectivity index (χ4n) is 1.62. The standard InChI is InChI=1S/C10H15N5O2/c11-15-9-5-12-4-8(14-9)10(16)13-3-7-1-2-17-6-7/h4-5,7H,1-3,6,11H2,(H,13,16)(H,14,15). The number of ether oxygens (including phenoxy) is 1. The van der Waals surface area contributed by atoms with E-state index >= 15 is 0 Å². The predicted octanol–water partition coefficient (Wildman–Crippen LogP) is -0.472. The van der Waals surface area contributed by atoms with Gasteiger partial charge in [0.1, 0.15) is 5.69 Å². The van der Waals surface area contributed by atoms with Crippen LogP contribution < -0.4 is 16.6 Å². The molecule has 1 atom stereocenters. The van der Waals surface area contributed by atoms with E-state index in [0.29, 0.717) is 24.9 Å². The van der Waals surface area contributed by atoms with Gasteiger partial charge in [0.15, 0.2) is 5.82 Å². The second kappa shape index (κ2) is 5.55. The van der Waals surface area contributed by atoms with Crippen LogP contribution in [0.25, 0.3) is 0 Å². The number of hydrogen-bond acceptors (Lipinski definition) is 6. The maximum atomic E-state index is 11.7. The molecule has 1 aliphatic rings. The molecule has 1 fully saturated rings. The highest BCUT2D eigenvalue weighted by atomic mass is 16.5. The molecule has 1 aromatic rings. The molecule has 0 spiro atoms. The lowest BCUT2D eigenvalue weighted by molar-refractivity contribution is 0.0939.